The summed E-state index contributed by atoms with van der Waals surface area (Å²) < 4.78 is 7.39. The molecule has 0 unspecified atom stereocenters. The van der Waals surface area contributed by atoms with Gasteiger partial charge in [0, 0.05) is 15.6 Å². The van der Waals surface area contributed by atoms with Gasteiger partial charge in [-0.05, 0) is 55.5 Å². The molecule has 2 aromatic carbocycles. The molecule has 0 atom stereocenters. The van der Waals surface area contributed by atoms with Crippen molar-refractivity contribution in [3.8, 4) is 0 Å². The van der Waals surface area contributed by atoms with Gasteiger partial charge in [0.2, 0.25) is 0 Å². The molecule has 8 heteroatoms. The van der Waals surface area contributed by atoms with Gasteiger partial charge in [0.25, 0.3) is 0 Å². The molecule has 1 aliphatic carbocycles. The first-order valence-electron chi connectivity index (χ1n) is 11.8. The Morgan fingerprint density at radius 2 is 1.66 bits per heavy atom. The van der Waals surface area contributed by atoms with Crippen LogP contribution < -0.4 is 11.2 Å². The maximum Gasteiger partial charge on any atom is 0.326 e. The van der Waals surface area contributed by atoms with Crippen molar-refractivity contribution in [3.05, 3.63) is 75.0 Å². The summed E-state index contributed by atoms with van der Waals surface area (Å²) in [6.07, 6.45) is 5.65. The second-order valence-electron chi connectivity index (χ2n) is 8.88. The van der Waals surface area contributed by atoms with Crippen LogP contribution in [0.3, 0.4) is 0 Å². The summed E-state index contributed by atoms with van der Waals surface area (Å²) in [7, 11) is 0. The second kappa shape index (κ2) is 8.78. The van der Waals surface area contributed by atoms with Crippen LogP contribution in [0.5, 0.6) is 0 Å². The lowest BCUT2D eigenvalue weighted by molar-refractivity contribution is -0.145. The van der Waals surface area contributed by atoms with E-state index in [2.05, 4.69) is 9.97 Å². The monoisotopic (exact) mass is 484 g/mol. The average Bonchev–Trinajstić information content (AvgIpc) is 3.07. The second-order valence-corrected chi connectivity index (χ2v) is 9.96. The SMILES string of the molecule is Nc1nc(COC(=O)Cn2c3ccccc3c(=O)c3ccccc32)nc2sc3c(c12)CCCCC3. The van der Waals surface area contributed by atoms with E-state index in [0.29, 0.717) is 33.4 Å². The van der Waals surface area contributed by atoms with Crippen LogP contribution in [0.1, 0.15) is 35.5 Å². The summed E-state index contributed by atoms with van der Waals surface area (Å²) in [6.45, 7) is -0.0933. The zero-order chi connectivity index (χ0) is 23.9. The molecule has 0 saturated heterocycles. The van der Waals surface area contributed by atoms with Gasteiger partial charge in [-0.25, -0.2) is 9.97 Å². The summed E-state index contributed by atoms with van der Waals surface area (Å²) in [5.41, 5.74) is 8.95. The number of benzene rings is 2. The molecule has 0 fully saturated rings. The fourth-order valence-electron chi connectivity index (χ4n) is 5.04. The van der Waals surface area contributed by atoms with Crippen LogP contribution in [0.2, 0.25) is 0 Å². The molecular formula is C27H24N4O3S. The van der Waals surface area contributed by atoms with E-state index in [1.54, 1.807) is 23.5 Å². The van der Waals surface area contributed by atoms with Crippen molar-refractivity contribution in [3.63, 3.8) is 0 Å². The van der Waals surface area contributed by atoms with Crippen LogP contribution in [-0.2, 0) is 35.5 Å². The van der Waals surface area contributed by atoms with Crippen molar-refractivity contribution in [2.45, 2.75) is 45.3 Å². The number of thiophene rings is 1. The summed E-state index contributed by atoms with van der Waals surface area (Å²) in [5, 5.41) is 2.10. The van der Waals surface area contributed by atoms with Crippen molar-refractivity contribution in [1.29, 1.82) is 0 Å². The number of carbonyl (C=O) groups excluding carboxylic acids is 1. The Morgan fingerprint density at radius 3 is 2.40 bits per heavy atom. The number of aryl methyl sites for hydroxylation is 2. The topological polar surface area (TPSA) is 100 Å². The van der Waals surface area contributed by atoms with Gasteiger partial charge in [-0.3, -0.25) is 9.59 Å². The first-order chi connectivity index (χ1) is 17.1. The molecule has 7 nitrogen and oxygen atoms in total. The number of hydrogen-bond donors (Lipinski definition) is 1. The van der Waals surface area contributed by atoms with Gasteiger partial charge in [-0.1, -0.05) is 30.7 Å². The van der Waals surface area contributed by atoms with Gasteiger partial charge in [0.15, 0.2) is 17.9 Å². The number of rotatable bonds is 4. The predicted octanol–water partition coefficient (Wildman–Crippen LogP) is 4.75. The molecule has 35 heavy (non-hydrogen) atoms. The summed E-state index contributed by atoms with van der Waals surface area (Å²) in [6, 6.07) is 14.6. The van der Waals surface area contributed by atoms with Gasteiger partial charge in [0.1, 0.15) is 17.2 Å². The van der Waals surface area contributed by atoms with E-state index in [1.165, 1.54) is 23.3 Å². The molecule has 5 aromatic rings. The molecule has 6 rings (SSSR count). The predicted molar refractivity (Wildman–Crippen MR) is 139 cm³/mol. The molecule has 0 bridgehead atoms. The average molecular weight is 485 g/mol. The minimum atomic E-state index is -0.437. The van der Waals surface area contributed by atoms with Crippen LogP contribution in [0.15, 0.2) is 53.3 Å². The number of pyridine rings is 1. The number of hydrogen-bond acceptors (Lipinski definition) is 7. The number of para-hydroxylation sites is 2. The standard InChI is InChI=1S/C27H24N4O3S/c28-26-24-18-10-2-1-3-13-21(18)35-27(24)30-22(29-26)15-34-23(32)14-31-19-11-6-4-8-16(19)25(33)17-9-5-7-12-20(17)31/h4-9,11-12H,1-3,10,13-15H2,(H2,28,29,30). The van der Waals surface area contributed by atoms with E-state index in [4.69, 9.17) is 10.5 Å². The van der Waals surface area contributed by atoms with Gasteiger partial charge in [-0.15, -0.1) is 11.3 Å². The Morgan fingerprint density at radius 1 is 0.971 bits per heavy atom. The Balaban J connectivity index is 1.28. The number of nitrogens with zero attached hydrogens (tertiary/aromatic N) is 3. The highest BCUT2D eigenvalue weighted by atomic mass is 32.1. The van der Waals surface area contributed by atoms with E-state index in [9.17, 15) is 9.59 Å². The maximum absolute atomic E-state index is 12.9. The Bertz CT molecular complexity index is 1610. The highest BCUT2D eigenvalue weighted by Gasteiger charge is 2.20. The van der Waals surface area contributed by atoms with Gasteiger partial charge >= 0.3 is 5.97 Å². The van der Waals surface area contributed by atoms with Crippen molar-refractivity contribution in [2.75, 3.05) is 5.73 Å². The van der Waals surface area contributed by atoms with E-state index < -0.39 is 5.97 Å². The Kier molecular flexibility index (Phi) is 5.45. The molecule has 0 radical (unpaired) electrons. The maximum atomic E-state index is 12.9. The van der Waals surface area contributed by atoms with Gasteiger partial charge in [0.05, 0.1) is 16.4 Å². The zero-order valence-corrected chi connectivity index (χ0v) is 19.9. The first-order valence-corrected chi connectivity index (χ1v) is 12.6. The van der Waals surface area contributed by atoms with E-state index in [-0.39, 0.29) is 18.6 Å². The highest BCUT2D eigenvalue weighted by molar-refractivity contribution is 7.19. The number of esters is 1. The van der Waals surface area contributed by atoms with Gasteiger partial charge < -0.3 is 15.0 Å². The molecule has 3 heterocycles. The minimum Gasteiger partial charge on any atom is -0.456 e. The van der Waals surface area contributed by atoms with E-state index >= 15 is 0 Å². The Hall–Kier alpha value is -3.78. The minimum absolute atomic E-state index is 0.0354. The molecule has 0 saturated carbocycles. The fraction of sp³-hybridized carbons (Fsp3) is 0.259. The smallest absolute Gasteiger partial charge is 0.326 e. The fourth-order valence-corrected chi connectivity index (χ4v) is 6.33. The van der Waals surface area contributed by atoms with Gasteiger partial charge in [-0.2, -0.15) is 0 Å². The zero-order valence-electron chi connectivity index (χ0n) is 19.1. The molecule has 176 valence electrons. The van der Waals surface area contributed by atoms with Crippen molar-refractivity contribution >= 4 is 55.1 Å². The third kappa shape index (κ3) is 3.83. The molecule has 1 aliphatic rings. The largest absolute Gasteiger partial charge is 0.456 e. The number of fused-ring (bicyclic) bond motifs is 5. The number of ether oxygens (including phenoxy) is 1. The molecule has 2 N–H and O–H groups in total. The van der Waals surface area contributed by atoms with Crippen LogP contribution in [-0.4, -0.2) is 20.5 Å². The number of nitrogen functional groups attached to an aromatic ring is 1. The molecule has 0 aliphatic heterocycles. The number of aromatic nitrogens is 3. The number of carbonyl (C=O) groups is 1. The molecule has 0 spiro atoms. The quantitative estimate of drug-likeness (QED) is 0.224. The lowest BCUT2D eigenvalue weighted by Gasteiger charge is -2.14. The van der Waals surface area contributed by atoms with Crippen LogP contribution in [0.25, 0.3) is 32.0 Å². The number of anilines is 1. The van der Waals surface area contributed by atoms with Crippen LogP contribution >= 0.6 is 11.3 Å². The van der Waals surface area contributed by atoms with Crippen molar-refractivity contribution < 1.29 is 9.53 Å². The third-order valence-electron chi connectivity index (χ3n) is 6.67. The lowest BCUT2D eigenvalue weighted by Crippen LogP contribution is -2.18. The van der Waals surface area contributed by atoms with E-state index in [0.717, 1.165) is 29.5 Å². The van der Waals surface area contributed by atoms with E-state index in [1.807, 2.05) is 41.0 Å². The molecule has 0 amide bonds. The highest BCUT2D eigenvalue weighted by Crippen LogP contribution is 2.37. The normalized spacial score (nSPS) is 13.7. The Labute approximate surface area is 205 Å². The summed E-state index contributed by atoms with van der Waals surface area (Å²) >= 11 is 1.68. The molecule has 3 aromatic heterocycles. The molecular weight excluding hydrogens is 460 g/mol. The lowest BCUT2D eigenvalue weighted by atomic mass is 10.1. The summed E-state index contributed by atoms with van der Waals surface area (Å²) in [5.74, 6) is 0.417. The van der Waals surface area contributed by atoms with Crippen molar-refractivity contribution in [1.82, 2.24) is 14.5 Å². The first kappa shape index (κ1) is 21.7. The number of nitrogens with two attached hydrogens (primary N) is 1. The van der Waals surface area contributed by atoms with Crippen LogP contribution in [0, 0.1) is 0 Å². The van der Waals surface area contributed by atoms with Crippen LogP contribution in [0.4, 0.5) is 5.82 Å². The summed E-state index contributed by atoms with van der Waals surface area (Å²) in [4.78, 5) is 37.1. The third-order valence-corrected chi connectivity index (χ3v) is 7.85. The van der Waals surface area contributed by atoms with Crippen molar-refractivity contribution in [2.24, 2.45) is 0 Å².